The Morgan fingerprint density at radius 3 is 3.00 bits per heavy atom. The average molecular weight is 156 g/mol. The molecule has 0 aromatic carbocycles. The second-order valence-corrected chi connectivity index (χ2v) is 3.25. The van der Waals surface area contributed by atoms with E-state index in [1.54, 1.807) is 0 Å². The molecule has 1 heterocycles. The van der Waals surface area contributed by atoms with Gasteiger partial charge in [0, 0.05) is 6.54 Å². The topological polar surface area (TPSA) is 37.8 Å². The molecule has 0 amide bonds. The smallest absolute Gasteiger partial charge is 0.206 e. The molecule has 0 spiro atoms. The summed E-state index contributed by atoms with van der Waals surface area (Å²) >= 11 is 1.41. The molecule has 0 aliphatic carbocycles. The second kappa shape index (κ2) is 3.51. The van der Waals surface area contributed by atoms with E-state index in [4.69, 9.17) is 0 Å². The van der Waals surface area contributed by atoms with Crippen LogP contribution < -0.4 is 5.32 Å². The van der Waals surface area contributed by atoms with Gasteiger partial charge in [-0.05, 0) is 5.92 Å². The SMILES string of the molecule is CC(C)CNc1nn[c]s1. The lowest BCUT2D eigenvalue weighted by Crippen LogP contribution is -2.07. The number of aromatic nitrogens is 2. The zero-order valence-electron chi connectivity index (χ0n) is 6.09. The van der Waals surface area contributed by atoms with Crippen molar-refractivity contribution in [2.24, 2.45) is 5.92 Å². The number of hydrogen-bond donors (Lipinski definition) is 1. The Morgan fingerprint density at radius 2 is 2.50 bits per heavy atom. The molecule has 3 nitrogen and oxygen atoms in total. The molecule has 0 fully saturated rings. The molecule has 0 bridgehead atoms. The van der Waals surface area contributed by atoms with Gasteiger partial charge in [-0.2, -0.15) is 0 Å². The lowest BCUT2D eigenvalue weighted by atomic mass is 10.2. The monoisotopic (exact) mass is 156 g/mol. The zero-order valence-corrected chi connectivity index (χ0v) is 6.90. The molecule has 1 aromatic rings. The first-order valence-corrected chi connectivity index (χ1v) is 4.04. The molecule has 4 heteroatoms. The molecule has 1 aromatic heterocycles. The fraction of sp³-hybridized carbons (Fsp3) is 0.667. The molecule has 0 saturated carbocycles. The maximum atomic E-state index is 3.79. The van der Waals surface area contributed by atoms with Gasteiger partial charge in [-0.1, -0.05) is 25.2 Å². The summed E-state index contributed by atoms with van der Waals surface area (Å²) in [5, 5.41) is 11.4. The predicted octanol–water partition coefficient (Wildman–Crippen LogP) is 1.41. The number of hydrogen-bond acceptors (Lipinski definition) is 4. The number of anilines is 1. The Hall–Kier alpha value is -0.640. The zero-order chi connectivity index (χ0) is 7.40. The standard InChI is InChI=1S/C6H10N3S/c1-5(2)3-7-6-9-8-4-10-6/h5H,3H2,1-2H3,(H,7,9). The minimum atomic E-state index is 0.642. The molecular formula is C6H10N3S. The number of rotatable bonds is 3. The second-order valence-electron chi connectivity index (χ2n) is 2.47. The van der Waals surface area contributed by atoms with E-state index in [1.165, 1.54) is 11.3 Å². The lowest BCUT2D eigenvalue weighted by Gasteiger charge is -2.03. The molecule has 1 radical (unpaired) electrons. The Labute approximate surface area is 64.5 Å². The van der Waals surface area contributed by atoms with Crippen molar-refractivity contribution in [1.82, 2.24) is 10.2 Å². The summed E-state index contributed by atoms with van der Waals surface area (Å²) in [6.07, 6.45) is 0. The van der Waals surface area contributed by atoms with E-state index in [0.717, 1.165) is 11.7 Å². The normalized spacial score (nSPS) is 10.3. The van der Waals surface area contributed by atoms with Gasteiger partial charge >= 0.3 is 0 Å². The Morgan fingerprint density at radius 1 is 1.70 bits per heavy atom. The first-order chi connectivity index (χ1) is 4.79. The van der Waals surface area contributed by atoms with Crippen molar-refractivity contribution in [2.75, 3.05) is 11.9 Å². The Bertz CT molecular complexity index is 171. The Balaban J connectivity index is 2.28. The van der Waals surface area contributed by atoms with Gasteiger partial charge in [0.1, 0.15) is 0 Å². The molecule has 0 unspecified atom stereocenters. The van der Waals surface area contributed by atoms with Crippen LogP contribution >= 0.6 is 11.3 Å². The highest BCUT2D eigenvalue weighted by molar-refractivity contribution is 7.12. The van der Waals surface area contributed by atoms with E-state index < -0.39 is 0 Å². The minimum Gasteiger partial charge on any atom is -0.360 e. The van der Waals surface area contributed by atoms with E-state index >= 15 is 0 Å². The van der Waals surface area contributed by atoms with Crippen molar-refractivity contribution in [3.63, 3.8) is 0 Å². The fourth-order valence-corrected chi connectivity index (χ4v) is 0.918. The van der Waals surface area contributed by atoms with Crippen LogP contribution in [0.2, 0.25) is 0 Å². The van der Waals surface area contributed by atoms with Crippen molar-refractivity contribution in [3.8, 4) is 0 Å². The summed E-state index contributed by atoms with van der Waals surface area (Å²) in [5.41, 5.74) is 2.67. The highest BCUT2D eigenvalue weighted by Crippen LogP contribution is 2.07. The van der Waals surface area contributed by atoms with Gasteiger partial charge in [-0.25, -0.2) is 0 Å². The minimum absolute atomic E-state index is 0.642. The van der Waals surface area contributed by atoms with Crippen molar-refractivity contribution < 1.29 is 0 Å². The predicted molar refractivity (Wildman–Crippen MR) is 42.1 cm³/mol. The highest BCUT2D eigenvalue weighted by atomic mass is 32.1. The summed E-state index contributed by atoms with van der Waals surface area (Å²) in [6.45, 7) is 5.25. The van der Waals surface area contributed by atoms with E-state index in [-0.39, 0.29) is 0 Å². The van der Waals surface area contributed by atoms with Crippen LogP contribution in [0.15, 0.2) is 0 Å². The van der Waals surface area contributed by atoms with Crippen LogP contribution in [0, 0.1) is 11.4 Å². The maximum absolute atomic E-state index is 3.79. The van der Waals surface area contributed by atoms with Crippen LogP contribution in [-0.2, 0) is 0 Å². The Kier molecular flexibility index (Phi) is 2.62. The third kappa shape index (κ3) is 2.31. The van der Waals surface area contributed by atoms with Gasteiger partial charge in [-0.15, -0.1) is 10.2 Å². The quantitative estimate of drug-likeness (QED) is 0.719. The number of nitrogens with one attached hydrogen (secondary N) is 1. The van der Waals surface area contributed by atoms with E-state index in [9.17, 15) is 0 Å². The van der Waals surface area contributed by atoms with Crippen LogP contribution in [0.4, 0.5) is 5.13 Å². The molecule has 10 heavy (non-hydrogen) atoms. The van der Waals surface area contributed by atoms with E-state index in [0.29, 0.717) is 5.92 Å². The first-order valence-electron chi connectivity index (χ1n) is 3.22. The molecule has 0 atom stereocenters. The number of nitrogens with zero attached hydrogens (tertiary/aromatic N) is 2. The summed E-state index contributed by atoms with van der Waals surface area (Å²) in [4.78, 5) is 0. The van der Waals surface area contributed by atoms with Gasteiger partial charge in [0.25, 0.3) is 0 Å². The summed E-state index contributed by atoms with van der Waals surface area (Å²) in [5.74, 6) is 0.642. The molecule has 1 rings (SSSR count). The van der Waals surface area contributed by atoms with Gasteiger partial charge in [0.15, 0.2) is 5.51 Å². The molecular weight excluding hydrogens is 146 g/mol. The summed E-state index contributed by atoms with van der Waals surface area (Å²) in [6, 6.07) is 0. The fourth-order valence-electron chi connectivity index (χ4n) is 0.513. The molecule has 0 aliphatic rings. The van der Waals surface area contributed by atoms with Crippen LogP contribution in [0.1, 0.15) is 13.8 Å². The lowest BCUT2D eigenvalue weighted by molar-refractivity contribution is 0.687. The van der Waals surface area contributed by atoms with Gasteiger partial charge in [-0.3, -0.25) is 0 Å². The van der Waals surface area contributed by atoms with E-state index in [1.807, 2.05) is 0 Å². The maximum Gasteiger partial charge on any atom is 0.206 e. The van der Waals surface area contributed by atoms with Gasteiger partial charge < -0.3 is 5.32 Å². The summed E-state index contributed by atoms with van der Waals surface area (Å²) in [7, 11) is 0. The van der Waals surface area contributed by atoms with Crippen molar-refractivity contribution in [1.29, 1.82) is 0 Å². The van der Waals surface area contributed by atoms with Crippen molar-refractivity contribution in [2.45, 2.75) is 13.8 Å². The van der Waals surface area contributed by atoms with Crippen LogP contribution in [0.3, 0.4) is 0 Å². The summed E-state index contributed by atoms with van der Waals surface area (Å²) < 4.78 is 0. The van der Waals surface area contributed by atoms with E-state index in [2.05, 4.69) is 34.9 Å². The van der Waals surface area contributed by atoms with Gasteiger partial charge in [0.2, 0.25) is 5.13 Å². The van der Waals surface area contributed by atoms with Crippen LogP contribution in [-0.4, -0.2) is 16.7 Å². The van der Waals surface area contributed by atoms with Crippen LogP contribution in [0.5, 0.6) is 0 Å². The first kappa shape index (κ1) is 7.47. The molecule has 0 aliphatic heterocycles. The van der Waals surface area contributed by atoms with Crippen molar-refractivity contribution >= 4 is 16.5 Å². The van der Waals surface area contributed by atoms with Crippen molar-refractivity contribution in [3.05, 3.63) is 5.51 Å². The third-order valence-corrected chi connectivity index (χ3v) is 1.58. The largest absolute Gasteiger partial charge is 0.360 e. The molecule has 1 N–H and O–H groups in total. The highest BCUT2D eigenvalue weighted by Gasteiger charge is 1.96. The average Bonchev–Trinajstić information content (AvgIpc) is 2.34. The van der Waals surface area contributed by atoms with Gasteiger partial charge in [0.05, 0.1) is 0 Å². The van der Waals surface area contributed by atoms with Crippen LogP contribution in [0.25, 0.3) is 0 Å². The third-order valence-electron chi connectivity index (χ3n) is 0.986. The molecule has 55 valence electrons. The molecule has 0 saturated heterocycles.